The van der Waals surface area contributed by atoms with Gasteiger partial charge in [-0.25, -0.2) is 0 Å². The van der Waals surface area contributed by atoms with Crippen LogP contribution in [0.25, 0.3) is 0 Å². The van der Waals surface area contributed by atoms with E-state index >= 15 is 0 Å². The minimum atomic E-state index is -0.119. The standard InChI is InChI=1S/C18H22N4O2/c1-12(2)17-16(13(3)19-20-17)18(24)21-9-10-22(15(23)11-21)14-7-5-4-6-8-14/h4-8,12H,9-11H2,1-3H3,(H,19,20). The molecule has 0 aliphatic carbocycles. The molecular weight excluding hydrogens is 304 g/mol. The Morgan fingerprint density at radius 1 is 1.21 bits per heavy atom. The fourth-order valence-corrected chi connectivity index (χ4v) is 3.02. The van der Waals surface area contributed by atoms with Gasteiger partial charge < -0.3 is 9.80 Å². The molecule has 0 spiro atoms. The molecule has 1 aliphatic rings. The highest BCUT2D eigenvalue weighted by molar-refractivity contribution is 6.02. The zero-order valence-corrected chi connectivity index (χ0v) is 14.2. The largest absolute Gasteiger partial charge is 0.327 e. The van der Waals surface area contributed by atoms with E-state index in [4.69, 9.17) is 0 Å². The highest BCUT2D eigenvalue weighted by atomic mass is 16.2. The number of carbonyl (C=O) groups is 2. The summed E-state index contributed by atoms with van der Waals surface area (Å²) in [5, 5.41) is 7.14. The molecule has 0 saturated carbocycles. The molecule has 1 aliphatic heterocycles. The van der Waals surface area contributed by atoms with E-state index < -0.39 is 0 Å². The van der Waals surface area contributed by atoms with E-state index in [-0.39, 0.29) is 24.3 Å². The van der Waals surface area contributed by atoms with E-state index in [0.717, 1.165) is 17.1 Å². The van der Waals surface area contributed by atoms with E-state index in [1.807, 2.05) is 51.1 Å². The molecule has 1 saturated heterocycles. The molecule has 0 atom stereocenters. The van der Waals surface area contributed by atoms with Crippen LogP contribution in [0.3, 0.4) is 0 Å². The van der Waals surface area contributed by atoms with Gasteiger partial charge in [0.05, 0.1) is 11.3 Å². The molecule has 2 amide bonds. The molecule has 1 aromatic heterocycles. The zero-order valence-electron chi connectivity index (χ0n) is 14.2. The third kappa shape index (κ3) is 2.91. The van der Waals surface area contributed by atoms with Crippen molar-refractivity contribution in [3.63, 3.8) is 0 Å². The molecule has 0 bridgehead atoms. The van der Waals surface area contributed by atoms with Crippen LogP contribution in [0.1, 0.15) is 41.5 Å². The molecule has 2 heterocycles. The summed E-state index contributed by atoms with van der Waals surface area (Å²) in [6.45, 7) is 6.96. The van der Waals surface area contributed by atoms with Crippen LogP contribution in [0.4, 0.5) is 5.69 Å². The number of para-hydroxylation sites is 1. The second kappa shape index (κ2) is 6.47. The predicted octanol–water partition coefficient (Wildman–Crippen LogP) is 2.33. The third-order valence-electron chi connectivity index (χ3n) is 4.31. The lowest BCUT2D eigenvalue weighted by Gasteiger charge is -2.34. The van der Waals surface area contributed by atoms with Gasteiger partial charge in [-0.15, -0.1) is 0 Å². The SMILES string of the molecule is Cc1[nH]nc(C(C)C)c1C(=O)N1CCN(c2ccccc2)C(=O)C1. The van der Waals surface area contributed by atoms with Crippen LogP contribution in [-0.2, 0) is 4.79 Å². The summed E-state index contributed by atoms with van der Waals surface area (Å²) in [4.78, 5) is 28.7. The Kier molecular flexibility index (Phi) is 4.38. The molecule has 126 valence electrons. The Morgan fingerprint density at radius 3 is 2.54 bits per heavy atom. The van der Waals surface area contributed by atoms with Crippen LogP contribution in [0.2, 0.25) is 0 Å². The summed E-state index contributed by atoms with van der Waals surface area (Å²) < 4.78 is 0. The van der Waals surface area contributed by atoms with Gasteiger partial charge in [0.15, 0.2) is 0 Å². The van der Waals surface area contributed by atoms with Crippen LogP contribution in [0.15, 0.2) is 30.3 Å². The van der Waals surface area contributed by atoms with Crippen LogP contribution in [0.5, 0.6) is 0 Å². The van der Waals surface area contributed by atoms with E-state index in [9.17, 15) is 9.59 Å². The lowest BCUT2D eigenvalue weighted by atomic mass is 10.0. The Labute approximate surface area is 141 Å². The van der Waals surface area contributed by atoms with Crippen molar-refractivity contribution in [2.24, 2.45) is 0 Å². The Hall–Kier alpha value is -2.63. The number of nitrogens with one attached hydrogen (secondary N) is 1. The van der Waals surface area contributed by atoms with Crippen LogP contribution in [-0.4, -0.2) is 46.5 Å². The second-order valence-electron chi connectivity index (χ2n) is 6.37. The summed E-state index contributed by atoms with van der Waals surface area (Å²) >= 11 is 0. The number of rotatable bonds is 3. The Balaban J connectivity index is 1.78. The number of aromatic amines is 1. The average molecular weight is 326 g/mol. The van der Waals surface area contributed by atoms with Crippen molar-refractivity contribution in [1.29, 1.82) is 0 Å². The molecule has 2 aromatic rings. The number of hydrogen-bond acceptors (Lipinski definition) is 3. The summed E-state index contributed by atoms with van der Waals surface area (Å²) in [7, 11) is 0. The number of aryl methyl sites for hydroxylation is 1. The molecule has 1 fully saturated rings. The van der Waals surface area contributed by atoms with E-state index in [2.05, 4.69) is 10.2 Å². The first-order chi connectivity index (χ1) is 11.5. The molecule has 0 unspecified atom stereocenters. The van der Waals surface area contributed by atoms with E-state index in [1.165, 1.54) is 0 Å². The second-order valence-corrected chi connectivity index (χ2v) is 6.37. The maximum absolute atomic E-state index is 12.9. The van der Waals surface area contributed by atoms with Gasteiger partial charge in [0.2, 0.25) is 5.91 Å². The third-order valence-corrected chi connectivity index (χ3v) is 4.31. The maximum atomic E-state index is 12.9. The highest BCUT2D eigenvalue weighted by Crippen LogP contribution is 2.23. The van der Waals surface area contributed by atoms with Gasteiger partial charge in [-0.1, -0.05) is 32.0 Å². The van der Waals surface area contributed by atoms with E-state index in [1.54, 1.807) is 9.80 Å². The summed E-state index contributed by atoms with van der Waals surface area (Å²) in [6, 6.07) is 9.55. The van der Waals surface area contributed by atoms with Crippen molar-refractivity contribution in [2.75, 3.05) is 24.5 Å². The Bertz CT molecular complexity index is 752. The first kappa shape index (κ1) is 16.2. The highest BCUT2D eigenvalue weighted by Gasteiger charge is 2.31. The summed E-state index contributed by atoms with van der Waals surface area (Å²) in [6.07, 6.45) is 0. The number of anilines is 1. The van der Waals surface area contributed by atoms with Crippen LogP contribution < -0.4 is 4.90 Å². The Morgan fingerprint density at radius 2 is 1.92 bits per heavy atom. The van der Waals surface area contributed by atoms with Crippen LogP contribution >= 0.6 is 0 Å². The molecule has 6 heteroatoms. The van der Waals surface area contributed by atoms with Crippen molar-refractivity contribution >= 4 is 17.5 Å². The topological polar surface area (TPSA) is 69.3 Å². The van der Waals surface area contributed by atoms with Crippen molar-refractivity contribution < 1.29 is 9.59 Å². The van der Waals surface area contributed by atoms with Gasteiger partial charge >= 0.3 is 0 Å². The van der Waals surface area contributed by atoms with Gasteiger partial charge in [-0.05, 0) is 25.0 Å². The van der Waals surface area contributed by atoms with Gasteiger partial charge in [-0.2, -0.15) is 5.10 Å². The van der Waals surface area contributed by atoms with E-state index in [0.29, 0.717) is 18.7 Å². The lowest BCUT2D eigenvalue weighted by molar-refractivity contribution is -0.120. The number of carbonyl (C=O) groups excluding carboxylic acids is 2. The monoisotopic (exact) mass is 326 g/mol. The normalized spacial score (nSPS) is 15.2. The summed E-state index contributed by atoms with van der Waals surface area (Å²) in [5.41, 5.74) is 2.99. The van der Waals surface area contributed by atoms with Crippen molar-refractivity contribution in [1.82, 2.24) is 15.1 Å². The number of amides is 2. The van der Waals surface area contributed by atoms with Gasteiger partial charge in [0.25, 0.3) is 5.91 Å². The lowest BCUT2D eigenvalue weighted by Crippen LogP contribution is -2.52. The molecule has 3 rings (SSSR count). The minimum absolute atomic E-state index is 0.0620. The van der Waals surface area contributed by atoms with Gasteiger partial charge in [0.1, 0.15) is 6.54 Å². The zero-order chi connectivity index (χ0) is 17.3. The quantitative estimate of drug-likeness (QED) is 0.941. The number of nitrogens with zero attached hydrogens (tertiary/aromatic N) is 3. The van der Waals surface area contributed by atoms with Crippen molar-refractivity contribution in [2.45, 2.75) is 26.7 Å². The van der Waals surface area contributed by atoms with Crippen LogP contribution in [0, 0.1) is 6.92 Å². The van der Waals surface area contributed by atoms with Crippen molar-refractivity contribution in [3.05, 3.63) is 47.3 Å². The molecular formula is C18H22N4O2. The van der Waals surface area contributed by atoms with Crippen molar-refractivity contribution in [3.8, 4) is 0 Å². The summed E-state index contributed by atoms with van der Waals surface area (Å²) in [5.74, 6) is -0.0331. The number of aromatic nitrogens is 2. The van der Waals surface area contributed by atoms with Gasteiger partial charge in [-0.3, -0.25) is 14.7 Å². The fourth-order valence-electron chi connectivity index (χ4n) is 3.02. The number of benzene rings is 1. The number of hydrogen-bond donors (Lipinski definition) is 1. The predicted molar refractivity (Wildman–Crippen MR) is 92.1 cm³/mol. The average Bonchev–Trinajstić information content (AvgIpc) is 2.96. The number of H-pyrrole nitrogens is 1. The molecule has 24 heavy (non-hydrogen) atoms. The molecule has 6 nitrogen and oxygen atoms in total. The number of piperazine rings is 1. The van der Waals surface area contributed by atoms with Gasteiger partial charge in [0, 0.05) is 24.5 Å². The first-order valence-electron chi connectivity index (χ1n) is 8.18. The fraction of sp³-hybridized carbons (Fsp3) is 0.389. The molecule has 1 aromatic carbocycles. The maximum Gasteiger partial charge on any atom is 0.258 e. The smallest absolute Gasteiger partial charge is 0.258 e. The molecule has 1 N–H and O–H groups in total. The first-order valence-corrected chi connectivity index (χ1v) is 8.18. The molecule has 0 radical (unpaired) electrons. The minimum Gasteiger partial charge on any atom is -0.327 e.